The Morgan fingerprint density at radius 2 is 2.29 bits per heavy atom. The number of rotatable bonds is 2. The zero-order chi connectivity index (χ0) is 10.1. The molecule has 0 unspecified atom stereocenters. The molecule has 0 aliphatic carbocycles. The molecule has 3 nitrogen and oxygen atoms in total. The average Bonchev–Trinajstić information content (AvgIpc) is 2.55. The Morgan fingerprint density at radius 1 is 1.50 bits per heavy atom. The van der Waals surface area contributed by atoms with Gasteiger partial charge in [-0.15, -0.1) is 0 Å². The lowest BCUT2D eigenvalue weighted by atomic mass is 10.2. The zero-order valence-corrected chi connectivity index (χ0v) is 7.90. The lowest BCUT2D eigenvalue weighted by Gasteiger charge is -1.99. The number of aryl methyl sites for hydroxylation is 1. The van der Waals surface area contributed by atoms with Crippen molar-refractivity contribution in [2.75, 3.05) is 0 Å². The Balaban J connectivity index is 2.82. The van der Waals surface area contributed by atoms with Crippen molar-refractivity contribution in [3.05, 3.63) is 30.0 Å². The van der Waals surface area contributed by atoms with Crippen LogP contribution in [0.2, 0.25) is 0 Å². The van der Waals surface area contributed by atoms with Crippen molar-refractivity contribution in [3.63, 3.8) is 0 Å². The van der Waals surface area contributed by atoms with Crippen molar-refractivity contribution < 1.29 is 9.90 Å². The van der Waals surface area contributed by atoms with Gasteiger partial charge in [-0.3, -0.25) is 4.79 Å². The van der Waals surface area contributed by atoms with Crippen LogP contribution in [0, 0.1) is 0 Å². The van der Waals surface area contributed by atoms with Crippen LogP contribution in [0.4, 0.5) is 0 Å². The average molecular weight is 189 g/mol. The number of fused-ring (bicyclic) bond motifs is 1. The van der Waals surface area contributed by atoms with Crippen molar-refractivity contribution in [1.82, 2.24) is 4.57 Å². The molecule has 1 aromatic carbocycles. The molecule has 14 heavy (non-hydrogen) atoms. The molecule has 0 aliphatic heterocycles. The van der Waals surface area contributed by atoms with Crippen LogP contribution in [0.3, 0.4) is 0 Å². The molecule has 1 aromatic heterocycles. The maximum Gasteiger partial charge on any atom is 0.152 e. The minimum Gasteiger partial charge on any atom is -0.508 e. The smallest absolute Gasteiger partial charge is 0.152 e. The zero-order valence-electron chi connectivity index (χ0n) is 7.90. The van der Waals surface area contributed by atoms with Gasteiger partial charge in [-0.25, -0.2) is 0 Å². The molecule has 0 spiro atoms. The second kappa shape index (κ2) is 3.18. The lowest BCUT2D eigenvalue weighted by molar-refractivity contribution is 0.112. The van der Waals surface area contributed by atoms with E-state index in [1.165, 1.54) is 0 Å². The third-order valence-electron chi connectivity index (χ3n) is 2.36. The molecule has 0 saturated heterocycles. The van der Waals surface area contributed by atoms with E-state index in [1.807, 2.05) is 17.6 Å². The van der Waals surface area contributed by atoms with E-state index in [0.717, 1.165) is 23.7 Å². The van der Waals surface area contributed by atoms with Crippen LogP contribution in [-0.2, 0) is 6.54 Å². The van der Waals surface area contributed by atoms with Crippen molar-refractivity contribution in [2.24, 2.45) is 0 Å². The molecule has 0 bridgehead atoms. The largest absolute Gasteiger partial charge is 0.508 e. The first kappa shape index (κ1) is 8.81. The summed E-state index contributed by atoms with van der Waals surface area (Å²) in [5.74, 6) is 0.189. The Morgan fingerprint density at radius 3 is 2.93 bits per heavy atom. The van der Waals surface area contributed by atoms with Crippen LogP contribution < -0.4 is 0 Å². The number of nitrogens with zero attached hydrogens (tertiary/aromatic N) is 1. The highest BCUT2D eigenvalue weighted by Gasteiger charge is 2.06. The summed E-state index contributed by atoms with van der Waals surface area (Å²) in [6, 6.07) is 5.06. The van der Waals surface area contributed by atoms with Crippen molar-refractivity contribution in [3.8, 4) is 5.75 Å². The summed E-state index contributed by atoms with van der Waals surface area (Å²) >= 11 is 0. The number of hydrogen-bond acceptors (Lipinski definition) is 2. The van der Waals surface area contributed by atoms with Gasteiger partial charge < -0.3 is 9.67 Å². The fourth-order valence-electron chi connectivity index (χ4n) is 1.67. The molecule has 2 rings (SSSR count). The van der Waals surface area contributed by atoms with Gasteiger partial charge in [0, 0.05) is 29.2 Å². The van der Waals surface area contributed by atoms with E-state index in [0.29, 0.717) is 5.56 Å². The van der Waals surface area contributed by atoms with Crippen LogP contribution >= 0.6 is 0 Å². The van der Waals surface area contributed by atoms with Crippen LogP contribution in [0.1, 0.15) is 17.3 Å². The van der Waals surface area contributed by atoms with Crippen LogP contribution in [0.25, 0.3) is 10.9 Å². The molecule has 2 aromatic rings. The standard InChI is InChI=1S/C11H11NO2/c1-2-12-6-8(7-13)10-5-9(14)3-4-11(10)12/h3-7,14H,2H2,1H3. The molecular weight excluding hydrogens is 178 g/mol. The van der Waals surface area contributed by atoms with Crippen molar-refractivity contribution in [1.29, 1.82) is 0 Å². The molecule has 0 fully saturated rings. The summed E-state index contributed by atoms with van der Waals surface area (Å²) in [5.41, 5.74) is 1.60. The molecule has 0 saturated carbocycles. The predicted molar refractivity (Wildman–Crippen MR) is 54.7 cm³/mol. The molecule has 0 amide bonds. The van der Waals surface area contributed by atoms with Gasteiger partial charge >= 0.3 is 0 Å². The monoisotopic (exact) mass is 189 g/mol. The molecule has 1 heterocycles. The molecule has 0 aliphatic rings. The van der Waals surface area contributed by atoms with Gasteiger partial charge in [0.15, 0.2) is 6.29 Å². The minimum atomic E-state index is 0.189. The highest BCUT2D eigenvalue weighted by molar-refractivity contribution is 5.98. The maximum atomic E-state index is 10.8. The normalized spacial score (nSPS) is 10.6. The van der Waals surface area contributed by atoms with Crippen LogP contribution in [0.15, 0.2) is 24.4 Å². The summed E-state index contributed by atoms with van der Waals surface area (Å²) in [5, 5.41) is 10.1. The summed E-state index contributed by atoms with van der Waals surface area (Å²) in [4.78, 5) is 10.8. The fraction of sp³-hybridized carbons (Fsp3) is 0.182. The molecular formula is C11H11NO2. The Bertz CT molecular complexity index is 485. The van der Waals surface area contributed by atoms with Gasteiger partial charge in [0.25, 0.3) is 0 Å². The minimum absolute atomic E-state index is 0.189. The Kier molecular flexibility index (Phi) is 2.00. The number of carbonyl (C=O) groups is 1. The van der Waals surface area contributed by atoms with Crippen molar-refractivity contribution >= 4 is 17.2 Å². The molecule has 0 radical (unpaired) electrons. The summed E-state index contributed by atoms with van der Waals surface area (Å²) in [6.07, 6.45) is 2.62. The van der Waals surface area contributed by atoms with E-state index in [1.54, 1.807) is 18.3 Å². The number of phenols is 1. The first-order chi connectivity index (χ1) is 6.76. The van der Waals surface area contributed by atoms with Crippen molar-refractivity contribution in [2.45, 2.75) is 13.5 Å². The van der Waals surface area contributed by atoms with Crippen LogP contribution in [0.5, 0.6) is 5.75 Å². The topological polar surface area (TPSA) is 42.2 Å². The Hall–Kier alpha value is -1.77. The number of aldehydes is 1. The number of phenolic OH excluding ortho intramolecular Hbond substituents is 1. The first-order valence-corrected chi connectivity index (χ1v) is 4.53. The number of aromatic nitrogens is 1. The van der Waals surface area contributed by atoms with E-state index in [-0.39, 0.29) is 5.75 Å². The summed E-state index contributed by atoms with van der Waals surface area (Å²) in [6.45, 7) is 2.83. The van der Waals surface area contributed by atoms with Gasteiger partial charge in [-0.05, 0) is 25.1 Å². The number of aromatic hydroxyl groups is 1. The molecule has 1 N–H and O–H groups in total. The highest BCUT2D eigenvalue weighted by Crippen LogP contribution is 2.24. The molecule has 72 valence electrons. The SMILES string of the molecule is CCn1cc(C=O)c2cc(O)ccc21. The molecule has 0 atom stereocenters. The van der Waals surface area contributed by atoms with E-state index in [9.17, 15) is 9.90 Å². The van der Waals surface area contributed by atoms with Gasteiger partial charge in [0.1, 0.15) is 5.75 Å². The van der Waals surface area contributed by atoms with E-state index < -0.39 is 0 Å². The van der Waals surface area contributed by atoms with Gasteiger partial charge in [-0.1, -0.05) is 0 Å². The van der Waals surface area contributed by atoms with E-state index >= 15 is 0 Å². The van der Waals surface area contributed by atoms with Gasteiger partial charge in [0.2, 0.25) is 0 Å². The first-order valence-electron chi connectivity index (χ1n) is 4.53. The van der Waals surface area contributed by atoms with Gasteiger partial charge in [-0.2, -0.15) is 0 Å². The molecule has 3 heteroatoms. The number of benzene rings is 1. The number of hydrogen-bond donors (Lipinski definition) is 1. The lowest BCUT2D eigenvalue weighted by Crippen LogP contribution is -1.89. The second-order valence-electron chi connectivity index (χ2n) is 3.19. The third-order valence-corrected chi connectivity index (χ3v) is 2.36. The predicted octanol–water partition coefficient (Wildman–Crippen LogP) is 2.18. The van der Waals surface area contributed by atoms with Crippen LogP contribution in [-0.4, -0.2) is 16.0 Å². The highest BCUT2D eigenvalue weighted by atomic mass is 16.3. The van der Waals surface area contributed by atoms with E-state index in [4.69, 9.17) is 0 Å². The summed E-state index contributed by atoms with van der Waals surface area (Å²) in [7, 11) is 0. The number of carbonyl (C=O) groups excluding carboxylic acids is 1. The quantitative estimate of drug-likeness (QED) is 0.736. The Labute approximate surface area is 81.6 Å². The van der Waals surface area contributed by atoms with E-state index in [2.05, 4.69) is 0 Å². The third kappa shape index (κ3) is 1.18. The maximum absolute atomic E-state index is 10.8. The second-order valence-corrected chi connectivity index (χ2v) is 3.19. The fourth-order valence-corrected chi connectivity index (χ4v) is 1.67. The summed E-state index contributed by atoms with van der Waals surface area (Å²) < 4.78 is 1.98. The van der Waals surface area contributed by atoms with Gasteiger partial charge in [0.05, 0.1) is 0 Å².